The maximum absolute atomic E-state index is 10.9. The van der Waals surface area contributed by atoms with E-state index in [0.717, 1.165) is 0 Å². The van der Waals surface area contributed by atoms with Gasteiger partial charge in [0.2, 0.25) is 5.60 Å². The number of hydrogen-bond donors (Lipinski definition) is 1. The van der Waals surface area contributed by atoms with Crippen LogP contribution in [0, 0.1) is 0 Å². The summed E-state index contributed by atoms with van der Waals surface area (Å²) in [5.74, 6) is -0.447. The third kappa shape index (κ3) is 2.11. The van der Waals surface area contributed by atoms with Gasteiger partial charge in [0.05, 0.1) is 4.47 Å². The molecule has 0 heterocycles. The molecule has 80 valence electrons. The number of carbonyl (C=O) groups is 1. The first-order valence-electron chi connectivity index (χ1n) is 4.41. The molecule has 1 aliphatic rings. The molecule has 0 bridgehead atoms. The van der Waals surface area contributed by atoms with Crippen LogP contribution in [0.4, 0.5) is 0 Å². The summed E-state index contributed by atoms with van der Waals surface area (Å²) in [5.41, 5.74) is -1.03. The van der Waals surface area contributed by atoms with Crippen molar-refractivity contribution in [2.24, 2.45) is 0 Å². The van der Waals surface area contributed by atoms with E-state index in [2.05, 4.69) is 15.9 Å². The summed E-state index contributed by atoms with van der Waals surface area (Å²) in [7, 11) is 0. The summed E-state index contributed by atoms with van der Waals surface area (Å²) in [5, 5.41) is 9.47. The van der Waals surface area contributed by atoms with Crippen LogP contribution in [0.1, 0.15) is 12.8 Å². The predicted octanol–water partition coefficient (Wildman–Crippen LogP) is 3.10. The van der Waals surface area contributed by atoms with Gasteiger partial charge in [0.15, 0.2) is 0 Å². The molecule has 0 saturated heterocycles. The van der Waals surface area contributed by atoms with Crippen molar-refractivity contribution in [2.45, 2.75) is 18.4 Å². The van der Waals surface area contributed by atoms with E-state index in [-0.39, 0.29) is 0 Å². The summed E-state index contributed by atoms with van der Waals surface area (Å²) in [6, 6.07) is 5.04. The fraction of sp³-hybridized carbons (Fsp3) is 0.300. The van der Waals surface area contributed by atoms with Crippen LogP contribution < -0.4 is 4.74 Å². The molecule has 15 heavy (non-hydrogen) atoms. The molecular weight excluding hydrogens is 283 g/mol. The van der Waals surface area contributed by atoms with E-state index >= 15 is 0 Å². The number of ether oxygens (including phenoxy) is 1. The molecule has 1 aliphatic carbocycles. The highest BCUT2D eigenvalue weighted by Gasteiger charge is 2.53. The SMILES string of the molecule is O=C(O)C1(Oc2cc(Cl)ccc2Br)CC1. The van der Waals surface area contributed by atoms with Crippen LogP contribution >= 0.6 is 27.5 Å². The van der Waals surface area contributed by atoms with Gasteiger partial charge >= 0.3 is 5.97 Å². The van der Waals surface area contributed by atoms with Crippen LogP contribution in [-0.4, -0.2) is 16.7 Å². The molecule has 0 aromatic heterocycles. The molecule has 1 saturated carbocycles. The van der Waals surface area contributed by atoms with Crippen molar-refractivity contribution in [3.63, 3.8) is 0 Å². The van der Waals surface area contributed by atoms with Gasteiger partial charge in [-0.1, -0.05) is 11.6 Å². The fourth-order valence-corrected chi connectivity index (χ4v) is 1.73. The van der Waals surface area contributed by atoms with Crippen LogP contribution in [0.15, 0.2) is 22.7 Å². The van der Waals surface area contributed by atoms with Crippen LogP contribution in [0.25, 0.3) is 0 Å². The highest BCUT2D eigenvalue weighted by Crippen LogP contribution is 2.42. The minimum absolute atomic E-state index is 0.474. The van der Waals surface area contributed by atoms with E-state index in [1.807, 2.05) is 0 Å². The first-order valence-corrected chi connectivity index (χ1v) is 5.58. The molecule has 2 rings (SSSR count). The van der Waals surface area contributed by atoms with Crippen molar-refractivity contribution in [3.05, 3.63) is 27.7 Å². The monoisotopic (exact) mass is 290 g/mol. The Morgan fingerprint density at radius 1 is 1.53 bits per heavy atom. The van der Waals surface area contributed by atoms with Gasteiger partial charge in [-0.25, -0.2) is 4.79 Å². The number of rotatable bonds is 3. The lowest BCUT2D eigenvalue weighted by atomic mass is 10.3. The molecule has 0 radical (unpaired) electrons. The second-order valence-corrected chi connectivity index (χ2v) is 4.77. The van der Waals surface area contributed by atoms with Gasteiger partial charge < -0.3 is 9.84 Å². The van der Waals surface area contributed by atoms with Gasteiger partial charge in [0.1, 0.15) is 5.75 Å². The summed E-state index contributed by atoms with van der Waals surface area (Å²) in [6.07, 6.45) is 1.09. The van der Waals surface area contributed by atoms with E-state index in [1.165, 1.54) is 0 Å². The zero-order chi connectivity index (χ0) is 11.1. The molecule has 3 nitrogen and oxygen atoms in total. The van der Waals surface area contributed by atoms with Crippen molar-refractivity contribution < 1.29 is 14.6 Å². The normalized spacial score (nSPS) is 17.2. The number of hydrogen-bond acceptors (Lipinski definition) is 2. The number of aliphatic carboxylic acids is 1. The van der Waals surface area contributed by atoms with Crippen molar-refractivity contribution in [1.29, 1.82) is 0 Å². The van der Waals surface area contributed by atoms with Crippen LogP contribution in [0.2, 0.25) is 5.02 Å². The quantitative estimate of drug-likeness (QED) is 0.931. The minimum Gasteiger partial charge on any atom is -0.478 e. The van der Waals surface area contributed by atoms with E-state index in [1.54, 1.807) is 18.2 Å². The number of carboxylic acid groups (broad SMARTS) is 1. The largest absolute Gasteiger partial charge is 0.478 e. The third-order valence-corrected chi connectivity index (χ3v) is 3.18. The molecular formula is C10H8BrClO3. The zero-order valence-corrected chi connectivity index (χ0v) is 10.0. The van der Waals surface area contributed by atoms with Crippen molar-refractivity contribution in [1.82, 2.24) is 0 Å². The molecule has 0 aliphatic heterocycles. The van der Waals surface area contributed by atoms with Gasteiger partial charge in [0.25, 0.3) is 0 Å². The maximum atomic E-state index is 10.9. The maximum Gasteiger partial charge on any atom is 0.348 e. The molecule has 5 heteroatoms. The van der Waals surface area contributed by atoms with Gasteiger partial charge in [-0.05, 0) is 34.1 Å². The Hall–Kier alpha value is -0.740. The van der Waals surface area contributed by atoms with Gasteiger partial charge in [-0.3, -0.25) is 0 Å². The average molecular weight is 292 g/mol. The number of carboxylic acids is 1. The summed E-state index contributed by atoms with van der Waals surface area (Å²) in [6.45, 7) is 0. The molecule has 1 N–H and O–H groups in total. The highest BCUT2D eigenvalue weighted by atomic mass is 79.9. The zero-order valence-electron chi connectivity index (χ0n) is 7.67. The van der Waals surface area contributed by atoms with Gasteiger partial charge in [0, 0.05) is 17.9 Å². The molecule has 1 aromatic rings. The lowest BCUT2D eigenvalue weighted by Crippen LogP contribution is -2.29. The first-order chi connectivity index (χ1) is 7.03. The number of halogens is 2. The van der Waals surface area contributed by atoms with Crippen molar-refractivity contribution >= 4 is 33.5 Å². The molecule has 0 amide bonds. The Morgan fingerprint density at radius 3 is 2.73 bits per heavy atom. The second kappa shape index (κ2) is 3.68. The Balaban J connectivity index is 2.24. The Kier molecular flexibility index (Phi) is 2.64. The predicted molar refractivity (Wildman–Crippen MR) is 59.4 cm³/mol. The molecule has 0 spiro atoms. The van der Waals surface area contributed by atoms with E-state index in [0.29, 0.717) is 28.1 Å². The minimum atomic E-state index is -1.03. The van der Waals surface area contributed by atoms with E-state index in [4.69, 9.17) is 21.4 Å². The highest BCUT2D eigenvalue weighted by molar-refractivity contribution is 9.10. The van der Waals surface area contributed by atoms with Gasteiger partial charge in [-0.15, -0.1) is 0 Å². The van der Waals surface area contributed by atoms with Crippen molar-refractivity contribution in [2.75, 3.05) is 0 Å². The Morgan fingerprint density at radius 2 is 2.20 bits per heavy atom. The third-order valence-electron chi connectivity index (χ3n) is 2.29. The second-order valence-electron chi connectivity index (χ2n) is 3.48. The molecule has 1 aromatic carbocycles. The standard InChI is InChI=1S/C10H8BrClO3/c11-7-2-1-6(12)5-8(7)15-10(3-4-10)9(13)14/h1-2,5H,3-4H2,(H,13,14). The summed E-state index contributed by atoms with van der Waals surface area (Å²) in [4.78, 5) is 10.9. The van der Waals surface area contributed by atoms with E-state index in [9.17, 15) is 4.79 Å². The number of benzene rings is 1. The fourth-order valence-electron chi connectivity index (χ4n) is 1.24. The molecule has 1 fully saturated rings. The lowest BCUT2D eigenvalue weighted by molar-refractivity contribution is -0.147. The first kappa shape index (κ1) is 10.8. The van der Waals surface area contributed by atoms with E-state index < -0.39 is 11.6 Å². The summed E-state index contributed by atoms with van der Waals surface area (Å²) < 4.78 is 6.16. The smallest absolute Gasteiger partial charge is 0.348 e. The Labute approximate surface area is 100 Å². The van der Waals surface area contributed by atoms with Crippen LogP contribution in [0.5, 0.6) is 5.75 Å². The Bertz CT molecular complexity index is 415. The average Bonchev–Trinajstić information content (AvgIpc) is 2.92. The summed E-state index contributed by atoms with van der Waals surface area (Å²) >= 11 is 9.08. The van der Waals surface area contributed by atoms with Crippen LogP contribution in [0.3, 0.4) is 0 Å². The molecule has 0 unspecified atom stereocenters. The lowest BCUT2D eigenvalue weighted by Gasteiger charge is -2.14. The van der Waals surface area contributed by atoms with Crippen LogP contribution in [-0.2, 0) is 4.79 Å². The molecule has 0 atom stereocenters. The van der Waals surface area contributed by atoms with Gasteiger partial charge in [-0.2, -0.15) is 0 Å². The van der Waals surface area contributed by atoms with Crippen molar-refractivity contribution in [3.8, 4) is 5.75 Å². The topological polar surface area (TPSA) is 46.5 Å².